The van der Waals surface area contributed by atoms with Gasteiger partial charge in [0.15, 0.2) is 0 Å². The van der Waals surface area contributed by atoms with Crippen LogP contribution in [0.2, 0.25) is 0 Å². The van der Waals surface area contributed by atoms with E-state index in [1.54, 1.807) is 25.3 Å². The molecule has 0 radical (unpaired) electrons. The number of nitrogens with zero attached hydrogens (tertiary/aromatic N) is 2. The molecule has 19 heavy (non-hydrogen) atoms. The molecule has 0 aliphatic rings. The molecule has 6 nitrogen and oxygen atoms in total. The molecule has 0 aliphatic carbocycles. The molecule has 0 atom stereocenters. The van der Waals surface area contributed by atoms with Crippen molar-refractivity contribution >= 4 is 23.3 Å². The van der Waals surface area contributed by atoms with Gasteiger partial charge in [-0.05, 0) is 25.0 Å². The Balaban J connectivity index is 3.37. The number of aliphatic imine (C=N–C) groups is 1. The molecule has 1 aromatic heterocycles. The van der Waals surface area contributed by atoms with Crippen LogP contribution in [0.15, 0.2) is 29.5 Å². The molecule has 0 saturated heterocycles. The van der Waals surface area contributed by atoms with Gasteiger partial charge in [-0.15, -0.1) is 0 Å². The molecule has 0 aromatic carbocycles. The largest absolute Gasteiger partial charge is 0.480 e. The van der Waals surface area contributed by atoms with E-state index in [1.165, 1.54) is 13.1 Å². The second kappa shape index (κ2) is 6.08. The highest BCUT2D eigenvalue weighted by molar-refractivity contribution is 6.21. The third kappa shape index (κ3) is 2.78. The summed E-state index contributed by atoms with van der Waals surface area (Å²) in [6, 6.07) is 3.30. The molecule has 1 aromatic rings. The van der Waals surface area contributed by atoms with Gasteiger partial charge in [0.25, 0.3) is 0 Å². The molecular formula is C13H16N2O4. The van der Waals surface area contributed by atoms with Crippen LogP contribution in [0.4, 0.5) is 5.69 Å². The summed E-state index contributed by atoms with van der Waals surface area (Å²) in [4.78, 5) is 30.8. The minimum absolute atomic E-state index is 0.0649. The summed E-state index contributed by atoms with van der Waals surface area (Å²) < 4.78 is 0. The van der Waals surface area contributed by atoms with Crippen molar-refractivity contribution in [2.75, 3.05) is 0 Å². The average Bonchev–Trinajstić information content (AvgIpc) is 2.39. The van der Waals surface area contributed by atoms with Crippen LogP contribution in [-0.2, 0) is 9.59 Å². The highest BCUT2D eigenvalue weighted by atomic mass is 16.4. The second-order valence-corrected chi connectivity index (χ2v) is 3.99. The lowest BCUT2D eigenvalue weighted by molar-refractivity contribution is -0.159. The van der Waals surface area contributed by atoms with Gasteiger partial charge in [-0.1, -0.05) is 13.8 Å². The number of hydrogen-bond acceptors (Lipinski definition) is 4. The van der Waals surface area contributed by atoms with Crippen molar-refractivity contribution in [3.8, 4) is 0 Å². The van der Waals surface area contributed by atoms with Gasteiger partial charge < -0.3 is 10.2 Å². The van der Waals surface area contributed by atoms with Crippen LogP contribution in [0.3, 0.4) is 0 Å². The Hall–Kier alpha value is -2.24. The predicted octanol–water partition coefficient (Wildman–Crippen LogP) is 2.13. The molecule has 0 spiro atoms. The van der Waals surface area contributed by atoms with E-state index in [0.717, 1.165) is 0 Å². The summed E-state index contributed by atoms with van der Waals surface area (Å²) in [5.41, 5.74) is -1.42. The van der Waals surface area contributed by atoms with E-state index in [1.807, 2.05) is 0 Å². The molecular weight excluding hydrogens is 248 g/mol. The van der Waals surface area contributed by atoms with Gasteiger partial charge in [-0.3, -0.25) is 19.6 Å². The number of pyridine rings is 1. The molecule has 0 amide bonds. The van der Waals surface area contributed by atoms with Crippen LogP contribution in [-0.4, -0.2) is 32.8 Å². The van der Waals surface area contributed by atoms with Crippen molar-refractivity contribution in [1.82, 2.24) is 4.98 Å². The first-order valence-electron chi connectivity index (χ1n) is 5.93. The van der Waals surface area contributed by atoms with Crippen LogP contribution in [0.1, 0.15) is 26.7 Å². The normalized spacial score (nSPS) is 12.2. The average molecular weight is 264 g/mol. The number of aliphatic carboxylic acids is 2. The smallest absolute Gasteiger partial charge is 0.326 e. The molecule has 102 valence electrons. The zero-order valence-corrected chi connectivity index (χ0v) is 10.8. The maximum absolute atomic E-state index is 11.4. The first kappa shape index (κ1) is 14.8. The van der Waals surface area contributed by atoms with Gasteiger partial charge in [0.1, 0.15) is 0 Å². The van der Waals surface area contributed by atoms with Gasteiger partial charge in [0, 0.05) is 11.9 Å². The topological polar surface area (TPSA) is 99.9 Å². The van der Waals surface area contributed by atoms with Gasteiger partial charge in [-0.2, -0.15) is 0 Å². The Kier molecular flexibility index (Phi) is 4.74. The van der Waals surface area contributed by atoms with E-state index in [4.69, 9.17) is 0 Å². The van der Waals surface area contributed by atoms with E-state index >= 15 is 0 Å². The number of carbonyl (C=O) groups is 2. The fraction of sp³-hybridized carbons (Fsp3) is 0.385. The molecule has 0 aliphatic heterocycles. The Morgan fingerprint density at radius 3 is 2.32 bits per heavy atom. The highest BCUT2D eigenvalue weighted by Gasteiger charge is 2.49. The van der Waals surface area contributed by atoms with Crippen molar-refractivity contribution < 1.29 is 19.8 Å². The van der Waals surface area contributed by atoms with Crippen molar-refractivity contribution in [1.29, 1.82) is 0 Å². The molecule has 1 heterocycles. The Morgan fingerprint density at radius 1 is 1.32 bits per heavy atom. The lowest BCUT2D eigenvalue weighted by Gasteiger charge is -2.24. The molecule has 0 fully saturated rings. The number of carboxylic acids is 2. The number of hydrogen-bond donors (Lipinski definition) is 2. The van der Waals surface area contributed by atoms with Gasteiger partial charge >= 0.3 is 11.9 Å². The quantitative estimate of drug-likeness (QED) is 0.605. The molecule has 1 rings (SSSR count). The zero-order valence-electron chi connectivity index (χ0n) is 10.8. The molecule has 0 bridgehead atoms. The molecule has 0 unspecified atom stereocenters. The summed E-state index contributed by atoms with van der Waals surface area (Å²) in [5, 5.41) is 18.6. The fourth-order valence-corrected chi connectivity index (χ4v) is 1.90. The minimum atomic E-state index is -1.98. The predicted molar refractivity (Wildman–Crippen MR) is 69.6 cm³/mol. The summed E-state index contributed by atoms with van der Waals surface area (Å²) in [7, 11) is 0. The van der Waals surface area contributed by atoms with Crippen molar-refractivity contribution in [3.05, 3.63) is 24.5 Å². The Labute approximate surface area is 110 Å². The first-order valence-corrected chi connectivity index (χ1v) is 5.93. The SMILES string of the molecule is CCC(=Nc1cccnc1)C(CC)(C(=O)O)C(=O)O. The first-order chi connectivity index (χ1) is 8.98. The Bertz CT molecular complexity index is 483. The fourth-order valence-electron chi connectivity index (χ4n) is 1.90. The third-order valence-corrected chi connectivity index (χ3v) is 3.00. The van der Waals surface area contributed by atoms with Crippen LogP contribution in [0.5, 0.6) is 0 Å². The third-order valence-electron chi connectivity index (χ3n) is 3.00. The zero-order chi connectivity index (χ0) is 14.5. The Morgan fingerprint density at radius 2 is 1.95 bits per heavy atom. The number of carboxylic acid groups (broad SMARTS) is 2. The molecule has 0 saturated carbocycles. The molecule has 2 N–H and O–H groups in total. The van der Waals surface area contributed by atoms with Gasteiger partial charge in [-0.25, -0.2) is 0 Å². The summed E-state index contributed by atoms with van der Waals surface area (Å²) >= 11 is 0. The van der Waals surface area contributed by atoms with E-state index in [-0.39, 0.29) is 18.6 Å². The van der Waals surface area contributed by atoms with Gasteiger partial charge in [0.05, 0.1) is 11.9 Å². The van der Waals surface area contributed by atoms with Crippen molar-refractivity contribution in [3.63, 3.8) is 0 Å². The molecule has 6 heteroatoms. The van der Waals surface area contributed by atoms with Gasteiger partial charge in [0.2, 0.25) is 5.41 Å². The van der Waals surface area contributed by atoms with E-state index in [9.17, 15) is 19.8 Å². The van der Waals surface area contributed by atoms with E-state index in [0.29, 0.717) is 5.69 Å². The summed E-state index contributed by atoms with van der Waals surface area (Å²) in [6.45, 7) is 3.21. The second-order valence-electron chi connectivity index (χ2n) is 3.99. The summed E-state index contributed by atoms with van der Waals surface area (Å²) in [5.74, 6) is -2.79. The van der Waals surface area contributed by atoms with Crippen molar-refractivity contribution in [2.24, 2.45) is 10.4 Å². The summed E-state index contributed by atoms with van der Waals surface area (Å²) in [6.07, 6.45) is 3.19. The van der Waals surface area contributed by atoms with E-state index < -0.39 is 17.4 Å². The van der Waals surface area contributed by atoms with Crippen molar-refractivity contribution in [2.45, 2.75) is 26.7 Å². The van der Waals surface area contributed by atoms with Crippen LogP contribution in [0.25, 0.3) is 0 Å². The maximum atomic E-state index is 11.4. The lowest BCUT2D eigenvalue weighted by atomic mass is 9.79. The number of aromatic nitrogens is 1. The van der Waals surface area contributed by atoms with E-state index in [2.05, 4.69) is 9.98 Å². The highest BCUT2D eigenvalue weighted by Crippen LogP contribution is 2.29. The van der Waals surface area contributed by atoms with Crippen LogP contribution in [0, 0.1) is 5.41 Å². The van der Waals surface area contributed by atoms with Crippen LogP contribution < -0.4 is 0 Å². The minimum Gasteiger partial charge on any atom is -0.480 e. The monoisotopic (exact) mass is 264 g/mol. The standard InChI is InChI=1S/C13H16N2O4/c1-3-10(15-9-6-5-7-14-8-9)13(4-2,11(16)17)12(18)19/h5-8H,3-4H2,1-2H3,(H,16,17)(H,18,19). The lowest BCUT2D eigenvalue weighted by Crippen LogP contribution is -2.45. The van der Waals surface area contributed by atoms with Crippen LogP contribution >= 0.6 is 0 Å². The number of rotatable bonds is 6. The maximum Gasteiger partial charge on any atom is 0.326 e.